The Balaban J connectivity index is 2.20. The van der Waals surface area contributed by atoms with E-state index in [1.54, 1.807) is 26.8 Å². The molecular weight excluding hydrogens is 350 g/mol. The Labute approximate surface area is 156 Å². The summed E-state index contributed by atoms with van der Waals surface area (Å²) in [5.41, 5.74) is 5.95. The molecule has 27 heavy (non-hydrogen) atoms. The minimum Gasteiger partial charge on any atom is -0.478 e. The van der Waals surface area contributed by atoms with E-state index >= 15 is 0 Å². The van der Waals surface area contributed by atoms with Gasteiger partial charge in [-0.05, 0) is 51.1 Å². The van der Waals surface area contributed by atoms with Crippen molar-refractivity contribution in [1.29, 1.82) is 0 Å². The van der Waals surface area contributed by atoms with Crippen LogP contribution >= 0.6 is 0 Å². The van der Waals surface area contributed by atoms with E-state index in [0.717, 1.165) is 0 Å². The Morgan fingerprint density at radius 2 is 1.63 bits per heavy atom. The first-order valence-corrected chi connectivity index (χ1v) is 8.10. The molecule has 2 amide bonds. The smallest absolute Gasteiger partial charge is 0.412 e. The molecule has 8 nitrogen and oxygen atoms in total. The SMILES string of the molecule is CC(C)(C)OC(=O)Nc1cc(NC(=O)c2ccccc2C(=O)O)ccc1N. The van der Waals surface area contributed by atoms with Gasteiger partial charge in [0.15, 0.2) is 0 Å². The molecule has 0 aliphatic rings. The van der Waals surface area contributed by atoms with Crippen molar-refractivity contribution >= 4 is 35.0 Å². The average molecular weight is 371 g/mol. The second kappa shape index (κ2) is 7.77. The summed E-state index contributed by atoms with van der Waals surface area (Å²) in [6, 6.07) is 10.4. The van der Waals surface area contributed by atoms with Crippen LogP contribution in [0.15, 0.2) is 42.5 Å². The molecule has 0 radical (unpaired) electrons. The molecule has 0 atom stereocenters. The quantitative estimate of drug-likeness (QED) is 0.608. The highest BCUT2D eigenvalue weighted by Crippen LogP contribution is 2.24. The second-order valence-electron chi connectivity index (χ2n) is 6.73. The minimum absolute atomic E-state index is 0.0171. The molecule has 0 bridgehead atoms. The van der Waals surface area contributed by atoms with Gasteiger partial charge in [0.25, 0.3) is 5.91 Å². The molecule has 0 saturated carbocycles. The molecule has 0 aliphatic carbocycles. The fraction of sp³-hybridized carbons (Fsp3) is 0.211. The molecule has 0 aliphatic heterocycles. The van der Waals surface area contributed by atoms with E-state index in [1.807, 2.05) is 0 Å². The van der Waals surface area contributed by atoms with E-state index in [2.05, 4.69) is 10.6 Å². The number of carbonyl (C=O) groups is 3. The van der Waals surface area contributed by atoms with Gasteiger partial charge in [-0.3, -0.25) is 10.1 Å². The van der Waals surface area contributed by atoms with Crippen molar-refractivity contribution in [2.45, 2.75) is 26.4 Å². The molecule has 5 N–H and O–H groups in total. The van der Waals surface area contributed by atoms with Crippen LogP contribution in [0.4, 0.5) is 21.9 Å². The van der Waals surface area contributed by atoms with Crippen molar-refractivity contribution in [3.8, 4) is 0 Å². The summed E-state index contributed by atoms with van der Waals surface area (Å²) < 4.78 is 5.17. The second-order valence-corrected chi connectivity index (χ2v) is 6.73. The first-order valence-electron chi connectivity index (χ1n) is 8.10. The summed E-state index contributed by atoms with van der Waals surface area (Å²) in [4.78, 5) is 35.6. The summed E-state index contributed by atoms with van der Waals surface area (Å²) in [6.07, 6.45) is -0.686. The number of ether oxygens (including phenoxy) is 1. The largest absolute Gasteiger partial charge is 0.478 e. The van der Waals surface area contributed by atoms with E-state index in [-0.39, 0.29) is 22.5 Å². The maximum absolute atomic E-state index is 12.4. The van der Waals surface area contributed by atoms with Crippen molar-refractivity contribution in [3.05, 3.63) is 53.6 Å². The highest BCUT2D eigenvalue weighted by atomic mass is 16.6. The van der Waals surface area contributed by atoms with Crippen molar-refractivity contribution < 1.29 is 24.2 Å². The van der Waals surface area contributed by atoms with E-state index in [0.29, 0.717) is 5.69 Å². The van der Waals surface area contributed by atoms with E-state index in [1.165, 1.54) is 36.4 Å². The van der Waals surface area contributed by atoms with Crippen molar-refractivity contribution in [1.82, 2.24) is 0 Å². The lowest BCUT2D eigenvalue weighted by Gasteiger charge is -2.20. The molecule has 0 aromatic heterocycles. The Kier molecular flexibility index (Phi) is 5.69. The number of rotatable bonds is 4. The molecule has 142 valence electrons. The molecule has 2 aromatic rings. The zero-order valence-corrected chi connectivity index (χ0v) is 15.2. The first-order chi connectivity index (χ1) is 12.6. The van der Waals surface area contributed by atoms with Gasteiger partial charge in [-0.1, -0.05) is 12.1 Å². The van der Waals surface area contributed by atoms with E-state index in [4.69, 9.17) is 10.5 Å². The number of aromatic carboxylic acids is 1. The highest BCUT2D eigenvalue weighted by molar-refractivity contribution is 6.11. The molecule has 0 unspecified atom stereocenters. The van der Waals surface area contributed by atoms with Gasteiger partial charge < -0.3 is 20.9 Å². The molecule has 0 heterocycles. The zero-order valence-electron chi connectivity index (χ0n) is 15.2. The molecular formula is C19H21N3O5. The normalized spacial score (nSPS) is 10.8. The van der Waals surface area contributed by atoms with Crippen LogP contribution in [0.2, 0.25) is 0 Å². The van der Waals surface area contributed by atoms with E-state index in [9.17, 15) is 19.5 Å². The molecule has 0 fully saturated rings. The summed E-state index contributed by atoms with van der Waals surface area (Å²) in [7, 11) is 0. The molecule has 8 heteroatoms. The predicted molar refractivity (Wildman–Crippen MR) is 102 cm³/mol. The van der Waals surface area contributed by atoms with Crippen LogP contribution < -0.4 is 16.4 Å². The van der Waals surface area contributed by atoms with Crippen molar-refractivity contribution in [2.24, 2.45) is 0 Å². The lowest BCUT2D eigenvalue weighted by molar-refractivity contribution is 0.0634. The Morgan fingerprint density at radius 1 is 1.00 bits per heavy atom. The number of anilines is 3. The summed E-state index contributed by atoms with van der Waals surface area (Å²) in [5.74, 6) is -1.80. The van der Waals surface area contributed by atoms with Gasteiger partial charge in [0.2, 0.25) is 0 Å². The number of benzene rings is 2. The highest BCUT2D eigenvalue weighted by Gasteiger charge is 2.18. The Hall–Kier alpha value is -3.55. The molecule has 2 rings (SSSR count). The minimum atomic E-state index is -1.20. The van der Waals surface area contributed by atoms with Crippen molar-refractivity contribution in [3.63, 3.8) is 0 Å². The Bertz CT molecular complexity index is 887. The van der Waals surface area contributed by atoms with Gasteiger partial charge in [0, 0.05) is 5.69 Å². The summed E-state index contributed by atoms with van der Waals surface area (Å²) >= 11 is 0. The number of amides is 2. The fourth-order valence-electron chi connectivity index (χ4n) is 2.22. The zero-order chi connectivity index (χ0) is 20.2. The number of hydrogen-bond acceptors (Lipinski definition) is 5. The summed E-state index contributed by atoms with van der Waals surface area (Å²) in [5, 5.41) is 14.3. The monoisotopic (exact) mass is 371 g/mol. The Morgan fingerprint density at radius 3 is 2.22 bits per heavy atom. The lowest BCUT2D eigenvalue weighted by Crippen LogP contribution is -2.27. The van der Waals surface area contributed by atoms with Crippen LogP contribution in [0.5, 0.6) is 0 Å². The summed E-state index contributed by atoms with van der Waals surface area (Å²) in [6.45, 7) is 5.19. The topological polar surface area (TPSA) is 131 Å². The van der Waals surface area contributed by atoms with Crippen LogP contribution in [0.1, 0.15) is 41.5 Å². The predicted octanol–water partition coefficient (Wildman–Crippen LogP) is 3.57. The van der Waals surface area contributed by atoms with Gasteiger partial charge in [-0.15, -0.1) is 0 Å². The van der Waals surface area contributed by atoms with Crippen LogP contribution in [0.25, 0.3) is 0 Å². The number of carbonyl (C=O) groups excluding carboxylic acids is 2. The number of nitrogens with one attached hydrogen (secondary N) is 2. The van der Waals surface area contributed by atoms with E-state index < -0.39 is 23.6 Å². The number of nitrogen functional groups attached to an aromatic ring is 1. The van der Waals surface area contributed by atoms with Gasteiger partial charge in [0.05, 0.1) is 22.5 Å². The van der Waals surface area contributed by atoms with Crippen molar-refractivity contribution in [2.75, 3.05) is 16.4 Å². The third-order valence-corrected chi connectivity index (χ3v) is 3.35. The maximum atomic E-state index is 12.4. The van der Waals surface area contributed by atoms with Gasteiger partial charge in [0.1, 0.15) is 5.60 Å². The third-order valence-electron chi connectivity index (χ3n) is 3.35. The number of hydrogen-bond donors (Lipinski definition) is 4. The molecule has 0 saturated heterocycles. The number of carboxylic acid groups (broad SMARTS) is 1. The van der Waals surface area contributed by atoms with Gasteiger partial charge in [-0.25, -0.2) is 9.59 Å². The average Bonchev–Trinajstić information content (AvgIpc) is 2.56. The lowest BCUT2D eigenvalue weighted by atomic mass is 10.1. The van der Waals surface area contributed by atoms with Gasteiger partial charge >= 0.3 is 12.1 Å². The standard InChI is InChI=1S/C19H21N3O5/c1-19(2,3)27-18(26)22-15-10-11(8-9-14(15)20)21-16(23)12-6-4-5-7-13(12)17(24)25/h4-10H,20H2,1-3H3,(H,21,23)(H,22,26)(H,24,25). The van der Waals surface area contributed by atoms with Crippen LogP contribution in [-0.4, -0.2) is 28.7 Å². The number of carboxylic acids is 1. The van der Waals surface area contributed by atoms with Crippen LogP contribution in [-0.2, 0) is 4.74 Å². The molecule has 2 aromatic carbocycles. The molecule has 0 spiro atoms. The maximum Gasteiger partial charge on any atom is 0.412 e. The first kappa shape index (κ1) is 19.8. The van der Waals surface area contributed by atoms with Crippen LogP contribution in [0.3, 0.4) is 0 Å². The van der Waals surface area contributed by atoms with Crippen LogP contribution in [0, 0.1) is 0 Å². The van der Waals surface area contributed by atoms with Gasteiger partial charge in [-0.2, -0.15) is 0 Å². The third kappa shape index (κ3) is 5.46. The fourth-order valence-corrected chi connectivity index (χ4v) is 2.22. The number of nitrogens with two attached hydrogens (primary N) is 1.